The number of ether oxygens (including phenoxy) is 1. The maximum absolute atomic E-state index is 10.6. The lowest BCUT2D eigenvalue weighted by atomic mass is 9.86. The Kier molecular flexibility index (Phi) is 6.07. The Hall–Kier alpha value is -1.06. The highest BCUT2D eigenvalue weighted by Crippen LogP contribution is 2.30. The minimum atomic E-state index is -0.491. The number of para-hydroxylation sites is 1. The van der Waals surface area contributed by atoms with Gasteiger partial charge in [-0.05, 0) is 38.8 Å². The summed E-state index contributed by atoms with van der Waals surface area (Å²) in [5.41, 5.74) is 0.898. The number of hydrogen-bond acceptors (Lipinski definition) is 3. The third-order valence-corrected chi connectivity index (χ3v) is 4.57. The highest BCUT2D eigenvalue weighted by Gasteiger charge is 2.24. The van der Waals surface area contributed by atoms with Gasteiger partial charge in [-0.15, -0.1) is 0 Å². The number of aliphatic hydroxyl groups excluding tert-OH is 1. The fraction of sp³-hybridized carbons (Fsp3) is 0.667. The smallest absolute Gasteiger partial charge is 0.125 e. The van der Waals surface area contributed by atoms with E-state index in [4.69, 9.17) is 4.74 Å². The Bertz CT molecular complexity index is 435. The van der Waals surface area contributed by atoms with Crippen LogP contribution in [-0.2, 0) is 0 Å². The van der Waals surface area contributed by atoms with Crippen molar-refractivity contribution in [3.63, 3.8) is 0 Å². The van der Waals surface area contributed by atoms with Crippen molar-refractivity contribution in [2.45, 2.75) is 51.7 Å². The van der Waals surface area contributed by atoms with Gasteiger partial charge in [-0.25, -0.2) is 0 Å². The van der Waals surface area contributed by atoms with Crippen LogP contribution >= 0.6 is 0 Å². The normalized spacial score (nSPS) is 24.0. The summed E-state index contributed by atoms with van der Waals surface area (Å²) in [7, 11) is 2.13. The van der Waals surface area contributed by atoms with Crippen LogP contribution in [0.2, 0.25) is 0 Å². The van der Waals surface area contributed by atoms with Gasteiger partial charge in [0, 0.05) is 18.2 Å². The summed E-state index contributed by atoms with van der Waals surface area (Å²) in [5, 5.41) is 10.6. The number of rotatable bonds is 6. The highest BCUT2D eigenvalue weighted by atomic mass is 16.5. The van der Waals surface area contributed by atoms with E-state index in [2.05, 4.69) is 18.9 Å². The molecule has 0 aromatic heterocycles. The monoisotopic (exact) mass is 291 g/mol. The molecule has 1 saturated carbocycles. The molecule has 3 unspecified atom stereocenters. The second-order valence-electron chi connectivity index (χ2n) is 6.35. The maximum Gasteiger partial charge on any atom is 0.125 e. The predicted octanol–water partition coefficient (Wildman–Crippen LogP) is 3.63. The standard InChI is InChI=1S/C18H29NO2/c1-4-21-18-11-6-5-10-16(18)17(20)13-19(3)15-9-7-8-14(2)12-15/h5-6,10-11,14-15,17,20H,4,7-9,12-13H2,1-3H3. The van der Waals surface area contributed by atoms with Crippen molar-refractivity contribution >= 4 is 0 Å². The van der Waals surface area contributed by atoms with E-state index in [1.807, 2.05) is 31.2 Å². The van der Waals surface area contributed by atoms with Crippen LogP contribution in [0, 0.1) is 5.92 Å². The predicted molar refractivity (Wildman–Crippen MR) is 86.6 cm³/mol. The van der Waals surface area contributed by atoms with E-state index in [0.29, 0.717) is 19.2 Å². The van der Waals surface area contributed by atoms with Crippen LogP contribution in [-0.4, -0.2) is 36.2 Å². The summed E-state index contributed by atoms with van der Waals surface area (Å²) in [6.45, 7) is 5.60. The molecule has 0 saturated heterocycles. The van der Waals surface area contributed by atoms with E-state index in [1.54, 1.807) is 0 Å². The Morgan fingerprint density at radius 1 is 1.33 bits per heavy atom. The van der Waals surface area contributed by atoms with E-state index in [9.17, 15) is 5.11 Å². The first-order chi connectivity index (χ1) is 10.1. The lowest BCUT2D eigenvalue weighted by Crippen LogP contribution is -2.38. The topological polar surface area (TPSA) is 32.7 Å². The zero-order chi connectivity index (χ0) is 15.2. The quantitative estimate of drug-likeness (QED) is 0.868. The zero-order valence-electron chi connectivity index (χ0n) is 13.6. The van der Waals surface area contributed by atoms with Crippen LogP contribution in [0.1, 0.15) is 51.2 Å². The van der Waals surface area contributed by atoms with Crippen LogP contribution in [0.4, 0.5) is 0 Å². The number of nitrogens with zero attached hydrogens (tertiary/aromatic N) is 1. The Morgan fingerprint density at radius 2 is 2.10 bits per heavy atom. The van der Waals surface area contributed by atoms with Crippen LogP contribution < -0.4 is 4.74 Å². The van der Waals surface area contributed by atoms with Crippen molar-refractivity contribution in [3.05, 3.63) is 29.8 Å². The number of benzene rings is 1. The maximum atomic E-state index is 10.6. The van der Waals surface area contributed by atoms with Crippen LogP contribution in [0.5, 0.6) is 5.75 Å². The number of hydrogen-bond donors (Lipinski definition) is 1. The van der Waals surface area contributed by atoms with E-state index in [0.717, 1.165) is 17.2 Å². The van der Waals surface area contributed by atoms with Gasteiger partial charge in [-0.3, -0.25) is 0 Å². The molecule has 0 heterocycles. The molecule has 0 radical (unpaired) electrons. The molecule has 1 aromatic rings. The minimum Gasteiger partial charge on any atom is -0.493 e. The van der Waals surface area contributed by atoms with E-state index >= 15 is 0 Å². The van der Waals surface area contributed by atoms with Gasteiger partial charge >= 0.3 is 0 Å². The van der Waals surface area contributed by atoms with E-state index < -0.39 is 6.10 Å². The van der Waals surface area contributed by atoms with Crippen LogP contribution in [0.3, 0.4) is 0 Å². The second-order valence-corrected chi connectivity index (χ2v) is 6.35. The molecule has 118 valence electrons. The van der Waals surface area contributed by atoms with Crippen molar-refractivity contribution in [1.82, 2.24) is 4.90 Å². The van der Waals surface area contributed by atoms with Gasteiger partial charge in [-0.1, -0.05) is 38.0 Å². The highest BCUT2D eigenvalue weighted by molar-refractivity contribution is 5.35. The average molecular weight is 291 g/mol. The van der Waals surface area contributed by atoms with Gasteiger partial charge in [0.15, 0.2) is 0 Å². The summed E-state index contributed by atoms with van der Waals surface area (Å²) < 4.78 is 5.62. The molecular weight excluding hydrogens is 262 g/mol. The third-order valence-electron chi connectivity index (χ3n) is 4.57. The molecular formula is C18H29NO2. The Morgan fingerprint density at radius 3 is 2.81 bits per heavy atom. The van der Waals surface area contributed by atoms with Gasteiger partial charge in [-0.2, -0.15) is 0 Å². The largest absolute Gasteiger partial charge is 0.493 e. The summed E-state index contributed by atoms with van der Waals surface area (Å²) in [4.78, 5) is 2.32. The van der Waals surface area contributed by atoms with Gasteiger partial charge in [0.1, 0.15) is 5.75 Å². The van der Waals surface area contributed by atoms with Gasteiger partial charge < -0.3 is 14.7 Å². The molecule has 3 nitrogen and oxygen atoms in total. The first-order valence-corrected chi connectivity index (χ1v) is 8.21. The van der Waals surface area contributed by atoms with E-state index in [-0.39, 0.29) is 0 Å². The lowest BCUT2D eigenvalue weighted by molar-refractivity contribution is 0.0812. The Balaban J connectivity index is 1.98. The summed E-state index contributed by atoms with van der Waals surface area (Å²) in [6.07, 6.45) is 4.66. The molecule has 3 atom stereocenters. The molecule has 21 heavy (non-hydrogen) atoms. The second kappa shape index (κ2) is 7.81. The molecule has 2 rings (SSSR count). The van der Waals surface area contributed by atoms with Gasteiger partial charge in [0.25, 0.3) is 0 Å². The third kappa shape index (κ3) is 4.45. The zero-order valence-corrected chi connectivity index (χ0v) is 13.6. The molecule has 1 N–H and O–H groups in total. The van der Waals surface area contributed by atoms with Crippen LogP contribution in [0.25, 0.3) is 0 Å². The van der Waals surface area contributed by atoms with E-state index in [1.165, 1.54) is 25.7 Å². The van der Waals surface area contributed by atoms with Crippen LogP contribution in [0.15, 0.2) is 24.3 Å². The fourth-order valence-corrected chi connectivity index (χ4v) is 3.37. The van der Waals surface area contributed by atoms with Crippen molar-refractivity contribution in [2.24, 2.45) is 5.92 Å². The summed E-state index contributed by atoms with van der Waals surface area (Å²) in [5.74, 6) is 1.61. The first-order valence-electron chi connectivity index (χ1n) is 8.21. The fourth-order valence-electron chi connectivity index (χ4n) is 3.37. The average Bonchev–Trinajstić information content (AvgIpc) is 2.48. The number of likely N-dealkylation sites (N-methyl/N-ethyl adjacent to an activating group) is 1. The summed E-state index contributed by atoms with van der Waals surface area (Å²) in [6, 6.07) is 8.41. The summed E-state index contributed by atoms with van der Waals surface area (Å²) >= 11 is 0. The van der Waals surface area contributed by atoms with Crippen molar-refractivity contribution in [2.75, 3.05) is 20.2 Å². The molecule has 1 aromatic carbocycles. The molecule has 3 heteroatoms. The molecule has 1 fully saturated rings. The molecule has 1 aliphatic rings. The molecule has 1 aliphatic carbocycles. The lowest BCUT2D eigenvalue weighted by Gasteiger charge is -2.35. The van der Waals surface area contributed by atoms with Crippen molar-refractivity contribution in [3.8, 4) is 5.75 Å². The number of aliphatic hydroxyl groups is 1. The van der Waals surface area contributed by atoms with Crippen molar-refractivity contribution in [1.29, 1.82) is 0 Å². The molecule has 0 aliphatic heterocycles. The van der Waals surface area contributed by atoms with Gasteiger partial charge in [0.2, 0.25) is 0 Å². The molecule has 0 bridgehead atoms. The Labute approximate surface area is 128 Å². The SMILES string of the molecule is CCOc1ccccc1C(O)CN(C)C1CCCC(C)C1. The van der Waals surface area contributed by atoms with Crippen molar-refractivity contribution < 1.29 is 9.84 Å². The molecule has 0 amide bonds. The minimum absolute atomic E-state index is 0.491. The first kappa shape index (κ1) is 16.3. The molecule has 0 spiro atoms. The van der Waals surface area contributed by atoms with Gasteiger partial charge in [0.05, 0.1) is 12.7 Å².